The Morgan fingerprint density at radius 3 is 3.00 bits per heavy atom. The number of piperazine rings is 1. The quantitative estimate of drug-likeness (QED) is 0.681. The van der Waals surface area contributed by atoms with Crippen LogP contribution in [0.1, 0.15) is 11.8 Å². The van der Waals surface area contributed by atoms with Crippen LogP contribution in [0, 0.1) is 0 Å². The van der Waals surface area contributed by atoms with E-state index in [2.05, 4.69) is 35.1 Å². The Morgan fingerprint density at radius 1 is 1.50 bits per heavy atom. The molecule has 3 heteroatoms. The van der Waals surface area contributed by atoms with Crippen LogP contribution in [-0.4, -0.2) is 19.6 Å². The number of thiophene rings is 1. The lowest BCUT2D eigenvalue weighted by atomic mass is 9.98. The topological polar surface area (TPSA) is 24.1 Å². The van der Waals surface area contributed by atoms with Gasteiger partial charge in [0.25, 0.3) is 0 Å². The van der Waals surface area contributed by atoms with Gasteiger partial charge < -0.3 is 10.6 Å². The number of rotatable bonds is 1. The normalized spacial score (nSPS) is 30.4. The second-order valence-corrected chi connectivity index (χ2v) is 4.36. The summed E-state index contributed by atoms with van der Waals surface area (Å²) in [6.07, 6.45) is 0. The molecule has 0 saturated carbocycles. The zero-order valence-corrected chi connectivity index (χ0v) is 8.08. The van der Waals surface area contributed by atoms with Gasteiger partial charge in [-0.15, -0.1) is 11.3 Å². The lowest BCUT2D eigenvalue weighted by Crippen LogP contribution is -2.54. The van der Waals surface area contributed by atoms with Crippen molar-refractivity contribution in [2.45, 2.75) is 12.5 Å². The molecule has 0 amide bonds. The molecule has 1 unspecified atom stereocenters. The van der Waals surface area contributed by atoms with Crippen LogP contribution < -0.4 is 10.6 Å². The lowest BCUT2D eigenvalue weighted by Gasteiger charge is -2.34. The Hall–Kier alpha value is -0.380. The monoisotopic (exact) mass is 182 g/mol. The van der Waals surface area contributed by atoms with Crippen LogP contribution in [0.15, 0.2) is 17.5 Å². The Morgan fingerprint density at radius 2 is 2.42 bits per heavy atom. The van der Waals surface area contributed by atoms with Crippen molar-refractivity contribution in [2.75, 3.05) is 19.6 Å². The molecular formula is C9H14N2S. The van der Waals surface area contributed by atoms with Crippen molar-refractivity contribution in [1.82, 2.24) is 10.6 Å². The van der Waals surface area contributed by atoms with Crippen molar-refractivity contribution in [3.8, 4) is 0 Å². The van der Waals surface area contributed by atoms with Gasteiger partial charge in [0.15, 0.2) is 0 Å². The van der Waals surface area contributed by atoms with E-state index in [1.807, 2.05) is 11.3 Å². The van der Waals surface area contributed by atoms with Gasteiger partial charge in [-0.05, 0) is 18.4 Å². The van der Waals surface area contributed by atoms with Gasteiger partial charge in [-0.2, -0.15) is 0 Å². The highest BCUT2D eigenvalue weighted by atomic mass is 32.1. The van der Waals surface area contributed by atoms with Crippen molar-refractivity contribution < 1.29 is 0 Å². The molecular weight excluding hydrogens is 168 g/mol. The maximum absolute atomic E-state index is 3.55. The van der Waals surface area contributed by atoms with E-state index in [4.69, 9.17) is 0 Å². The van der Waals surface area contributed by atoms with Crippen LogP contribution in [0.3, 0.4) is 0 Å². The van der Waals surface area contributed by atoms with Gasteiger partial charge in [-0.25, -0.2) is 0 Å². The zero-order chi connectivity index (χ0) is 8.44. The summed E-state index contributed by atoms with van der Waals surface area (Å²) < 4.78 is 0. The van der Waals surface area contributed by atoms with Gasteiger partial charge in [-0.3, -0.25) is 0 Å². The SMILES string of the molecule is CC1(c2cccs2)CNCCN1. The first kappa shape index (κ1) is 8.23. The van der Waals surface area contributed by atoms with Crippen LogP contribution in [-0.2, 0) is 5.54 Å². The molecule has 0 radical (unpaired) electrons. The second kappa shape index (κ2) is 3.17. The summed E-state index contributed by atoms with van der Waals surface area (Å²) in [5.41, 5.74) is 0.159. The lowest BCUT2D eigenvalue weighted by molar-refractivity contribution is 0.308. The molecule has 2 rings (SSSR count). The van der Waals surface area contributed by atoms with Crippen LogP contribution in [0.25, 0.3) is 0 Å². The molecule has 2 nitrogen and oxygen atoms in total. The average molecular weight is 182 g/mol. The minimum absolute atomic E-state index is 0.159. The molecule has 0 bridgehead atoms. The third kappa shape index (κ3) is 1.40. The number of hydrogen-bond donors (Lipinski definition) is 2. The molecule has 66 valence electrons. The van der Waals surface area contributed by atoms with Gasteiger partial charge >= 0.3 is 0 Å². The molecule has 1 aromatic heterocycles. The van der Waals surface area contributed by atoms with Crippen molar-refractivity contribution >= 4 is 11.3 Å². The first-order chi connectivity index (χ1) is 5.81. The smallest absolute Gasteiger partial charge is 0.0626 e. The van der Waals surface area contributed by atoms with Gasteiger partial charge in [0.1, 0.15) is 0 Å². The molecule has 0 spiro atoms. The van der Waals surface area contributed by atoms with Gasteiger partial charge in [0.05, 0.1) is 5.54 Å². The fraction of sp³-hybridized carbons (Fsp3) is 0.556. The molecule has 12 heavy (non-hydrogen) atoms. The molecule has 1 aromatic rings. The highest BCUT2D eigenvalue weighted by Crippen LogP contribution is 2.25. The third-order valence-electron chi connectivity index (χ3n) is 2.36. The molecule has 0 aromatic carbocycles. The largest absolute Gasteiger partial charge is 0.313 e. The highest BCUT2D eigenvalue weighted by molar-refractivity contribution is 7.10. The van der Waals surface area contributed by atoms with Crippen LogP contribution in [0.2, 0.25) is 0 Å². The molecule has 1 saturated heterocycles. The molecule has 1 atom stereocenters. The number of nitrogens with one attached hydrogen (secondary N) is 2. The summed E-state index contributed by atoms with van der Waals surface area (Å²) in [7, 11) is 0. The summed E-state index contributed by atoms with van der Waals surface area (Å²) in [6.45, 7) is 5.44. The second-order valence-electron chi connectivity index (χ2n) is 3.41. The Labute approximate surface area is 77.0 Å². The van der Waals surface area contributed by atoms with Crippen molar-refractivity contribution in [3.05, 3.63) is 22.4 Å². The molecule has 0 aliphatic carbocycles. The molecule has 2 heterocycles. The minimum Gasteiger partial charge on any atom is -0.313 e. The highest BCUT2D eigenvalue weighted by Gasteiger charge is 2.28. The van der Waals surface area contributed by atoms with E-state index < -0.39 is 0 Å². The van der Waals surface area contributed by atoms with E-state index in [1.54, 1.807) is 0 Å². The summed E-state index contributed by atoms with van der Waals surface area (Å²) in [5.74, 6) is 0. The van der Waals surface area contributed by atoms with Gasteiger partial charge in [0.2, 0.25) is 0 Å². The molecule has 1 fully saturated rings. The summed E-state index contributed by atoms with van der Waals surface area (Å²) in [5, 5.41) is 9.09. The van der Waals surface area contributed by atoms with E-state index in [0.717, 1.165) is 19.6 Å². The van der Waals surface area contributed by atoms with Crippen molar-refractivity contribution in [3.63, 3.8) is 0 Å². The van der Waals surface area contributed by atoms with Crippen LogP contribution >= 0.6 is 11.3 Å². The first-order valence-electron chi connectivity index (χ1n) is 4.31. The van der Waals surface area contributed by atoms with Crippen LogP contribution in [0.5, 0.6) is 0 Å². The Balaban J connectivity index is 2.19. The van der Waals surface area contributed by atoms with Crippen molar-refractivity contribution in [2.24, 2.45) is 0 Å². The van der Waals surface area contributed by atoms with E-state index in [1.165, 1.54) is 4.88 Å². The standard InChI is InChI=1S/C9H14N2S/c1-9(7-10-4-5-11-9)8-3-2-6-12-8/h2-3,6,10-11H,4-5,7H2,1H3. The summed E-state index contributed by atoms with van der Waals surface area (Å²) in [6, 6.07) is 4.31. The predicted octanol–water partition coefficient (Wildman–Crippen LogP) is 1.16. The Bertz CT molecular complexity index is 237. The average Bonchev–Trinajstić information content (AvgIpc) is 2.58. The Kier molecular flexibility index (Phi) is 2.17. The van der Waals surface area contributed by atoms with Gasteiger partial charge in [0, 0.05) is 24.5 Å². The summed E-state index contributed by atoms with van der Waals surface area (Å²) >= 11 is 1.83. The minimum atomic E-state index is 0.159. The fourth-order valence-electron chi connectivity index (χ4n) is 1.59. The van der Waals surface area contributed by atoms with E-state index in [-0.39, 0.29) is 5.54 Å². The van der Waals surface area contributed by atoms with E-state index >= 15 is 0 Å². The fourth-order valence-corrected chi connectivity index (χ4v) is 2.46. The maximum Gasteiger partial charge on any atom is 0.0626 e. The molecule has 1 aliphatic rings. The van der Waals surface area contributed by atoms with E-state index in [0.29, 0.717) is 0 Å². The first-order valence-corrected chi connectivity index (χ1v) is 5.19. The van der Waals surface area contributed by atoms with Gasteiger partial charge in [-0.1, -0.05) is 6.07 Å². The zero-order valence-electron chi connectivity index (χ0n) is 7.26. The summed E-state index contributed by atoms with van der Waals surface area (Å²) in [4.78, 5) is 1.43. The third-order valence-corrected chi connectivity index (χ3v) is 3.49. The van der Waals surface area contributed by atoms with Crippen LogP contribution in [0.4, 0.5) is 0 Å². The molecule has 2 N–H and O–H groups in total. The van der Waals surface area contributed by atoms with E-state index in [9.17, 15) is 0 Å². The van der Waals surface area contributed by atoms with Crippen molar-refractivity contribution in [1.29, 1.82) is 0 Å². The number of hydrogen-bond acceptors (Lipinski definition) is 3. The predicted molar refractivity (Wildman–Crippen MR) is 52.5 cm³/mol. The molecule has 1 aliphatic heterocycles. The maximum atomic E-state index is 3.55.